The summed E-state index contributed by atoms with van der Waals surface area (Å²) in [5.41, 5.74) is 31.0. The van der Waals surface area contributed by atoms with Crippen LogP contribution in [0.5, 0.6) is 0 Å². The van der Waals surface area contributed by atoms with Crippen LogP contribution in [-0.2, 0) is 14.4 Å². The summed E-state index contributed by atoms with van der Waals surface area (Å²) in [6.07, 6.45) is 74.8. The van der Waals surface area contributed by atoms with Crippen LogP contribution in [0.15, 0.2) is 0 Å². The molecule has 36 saturated carbocycles. The Kier molecular flexibility index (Phi) is 29.2. The molecule has 12 atom stereocenters. The first-order valence-electron chi connectivity index (χ1n) is 53.7. The number of amides is 3. The van der Waals surface area contributed by atoms with Gasteiger partial charge in [0.25, 0.3) is 0 Å². The smallest absolute Gasteiger partial charge is 0.217 e. The first kappa shape index (κ1) is 111. The highest BCUT2D eigenvalue weighted by molar-refractivity contribution is 9.10. The van der Waals surface area contributed by atoms with E-state index in [0.717, 1.165) is 53.3 Å². The van der Waals surface area contributed by atoms with E-state index >= 15 is 0 Å². The van der Waals surface area contributed by atoms with Crippen LogP contribution in [0.25, 0.3) is 0 Å². The third-order valence-electron chi connectivity index (χ3n) is 42.8. The van der Waals surface area contributed by atoms with E-state index in [1.165, 1.54) is 340 Å². The average molecular weight is 2150 g/mol. The second-order valence-corrected chi connectivity index (χ2v) is 69.2. The lowest BCUT2D eigenvalue weighted by molar-refractivity contribution is -0.163. The summed E-state index contributed by atoms with van der Waals surface area (Å²) in [7, 11) is 0. The fourth-order valence-electron chi connectivity index (χ4n) is 50.8. The van der Waals surface area contributed by atoms with Crippen molar-refractivity contribution in [2.75, 3.05) is 0 Å². The van der Waals surface area contributed by atoms with Gasteiger partial charge in [-0.05, 0) is 497 Å². The highest BCUT2D eigenvalue weighted by atomic mass is 79.9. The van der Waals surface area contributed by atoms with E-state index in [9.17, 15) is 14.4 Å². The van der Waals surface area contributed by atoms with E-state index < -0.39 is 0 Å². The second-order valence-electron chi connectivity index (χ2n) is 64.1. The highest BCUT2D eigenvalue weighted by Crippen LogP contribution is 2.77. The molecule has 3 amide bonds. The minimum absolute atomic E-state index is 0. The van der Waals surface area contributed by atoms with Crippen molar-refractivity contribution in [2.24, 2.45) is 168 Å². The van der Waals surface area contributed by atoms with Crippen molar-refractivity contribution < 1.29 is 14.4 Å². The molecule has 0 aromatic heterocycles. The van der Waals surface area contributed by atoms with Gasteiger partial charge < -0.3 is 33.2 Å². The van der Waals surface area contributed by atoms with Crippen molar-refractivity contribution in [3.63, 3.8) is 0 Å². The molecule has 0 aliphatic heterocycles. The lowest BCUT2D eigenvalue weighted by Crippen LogP contribution is -2.67. The molecule has 36 aliphatic carbocycles. The fraction of sp³-hybridized carbons (Fsp3) is 0.974. The number of rotatable bonds is 3. The SMILES string of the molecule is CC(=O)NC12CC3(C)CC(C)(CC(C)(C3)C1)C2.CC(=O)NC12CC3CC(C)(CC(C)(C3)C1)C2.CC(=O)NC12CC3CC(CC(C)(C3)C1)C2.CC12CC3(C)CC(C)(C1)CC(Br)(C2)C3.CC12CC3(C)CC(C)(C1)CC(N)(C2)C3.CC12CC3CC(C)(C1)CC(Br)(C3)C2.CC12CC3CC(C)(C1)CC(N)(C3)C2.CC12CC3CC(C1)CC(Br)(C3)C2.CC12CC3CC(C1)CC(N)(C3)C2.Cl.Cl.Cl.Cl.Cl.Cl. The zero-order valence-corrected chi connectivity index (χ0v) is 97.1. The number of hydrogen-bond acceptors (Lipinski definition) is 6. The first-order valence-corrected chi connectivity index (χ1v) is 56.1. The third-order valence-corrected chi connectivity index (χ3v) is 45.4. The van der Waals surface area contributed by atoms with Crippen LogP contribution in [-0.4, -0.2) is 63.9 Å². The Morgan fingerprint density at radius 2 is 0.379 bits per heavy atom. The van der Waals surface area contributed by atoms with Crippen LogP contribution >= 0.6 is 122 Å². The van der Waals surface area contributed by atoms with Crippen LogP contribution < -0.4 is 33.2 Å². The number of halogens is 9. The van der Waals surface area contributed by atoms with Gasteiger partial charge in [-0.25, -0.2) is 0 Å². The summed E-state index contributed by atoms with van der Waals surface area (Å²) >= 11 is 12.1. The Hall–Kier alpha value is 1.47. The maximum Gasteiger partial charge on any atom is 0.217 e. The Labute approximate surface area is 869 Å². The standard InChI is InChI=1S/C15H25NO.C14H23NO.C13H21Br.C13H21NO.C13H23N.C12H19Br.C12H21N.C11H17Br.C11H19N.6ClH/c1-11(17)16-15-8-12(2)5-13(3,9-15)7-14(4,6-12)10-15;1-10(16)15-14-6-11-4-12(2,8-14)7-13(3,5-11)9-14;1-10-4-11(2)6-12(3,5-10)9-13(14,7-10)8-11;1-9(15)14-13-6-10-3-11(7-13)5-12(2,4-10)8-13;1-10-4-11(2)6-12(3,5-10)9-13(14,7-10)8-11;2*1-10-3-9-4-11(2,6-10)8-12(13,5-9)7-10;2*1-10-3-8-2-9(4-10)6-11(12,5-8)7-10;;;;;;/h5-10H2,1-4H3,(H,16,17);11H,4-9H2,1-3H3,(H,15,16);4-9H2,1-3H3;10-11H,3-8H2,1-2H3,(H,14,15);4-9,14H2,1-3H3;9H,3-8H2,1-2H3;9H,3-8,13H2,1-2H3;8-9H,2-7H2,1H3;8-9H,2-7,12H2,1H3;6*1H. The van der Waals surface area contributed by atoms with E-state index in [1.807, 2.05) is 0 Å². The molecule has 18 heteroatoms. The van der Waals surface area contributed by atoms with Gasteiger partial charge in [0, 0.05) is 67.0 Å². The predicted molar refractivity (Wildman–Crippen MR) is 576 cm³/mol. The van der Waals surface area contributed by atoms with Crippen LogP contribution in [0.1, 0.15) is 492 Å². The normalized spacial score (nSPS) is 57.7. The Morgan fingerprint density at radius 3 is 0.644 bits per heavy atom. The molecule has 132 heavy (non-hydrogen) atoms. The molecule has 12 unspecified atom stereocenters. The quantitative estimate of drug-likeness (QED) is 0.154. The fourth-order valence-corrected chi connectivity index (χ4v) is 56.2. The maximum absolute atomic E-state index is 11.5. The number of hydrogen-bond donors (Lipinski definition) is 6. The molecule has 0 radical (unpaired) electrons. The lowest BCUT2D eigenvalue weighted by Gasteiger charge is -2.69. The minimum atomic E-state index is 0. The summed E-state index contributed by atoms with van der Waals surface area (Å²) in [4.78, 5) is 34.3. The van der Waals surface area contributed by atoms with Crippen molar-refractivity contribution in [1.29, 1.82) is 0 Å². The molecule has 762 valence electrons. The zero-order valence-electron chi connectivity index (χ0n) is 87.4. The number of alkyl halides is 3. The molecule has 9 nitrogen and oxygen atoms in total. The monoisotopic (exact) mass is 2140 g/mol. The predicted octanol–water partition coefficient (Wildman–Crippen LogP) is 31.6. The summed E-state index contributed by atoms with van der Waals surface area (Å²) in [6.45, 7) is 49.6. The van der Waals surface area contributed by atoms with Gasteiger partial charge in [0.1, 0.15) is 0 Å². The highest BCUT2D eigenvalue weighted by Gasteiger charge is 2.70. The van der Waals surface area contributed by atoms with Gasteiger partial charge in [-0.2, -0.15) is 0 Å². The number of nitrogens with two attached hydrogens (primary N) is 3. The van der Waals surface area contributed by atoms with Crippen LogP contribution in [0.2, 0.25) is 0 Å². The molecule has 36 fully saturated rings. The topological polar surface area (TPSA) is 165 Å². The van der Waals surface area contributed by atoms with Crippen molar-refractivity contribution in [1.82, 2.24) is 16.0 Å². The summed E-state index contributed by atoms with van der Waals surface area (Å²) in [5, 5.41) is 9.90. The molecule has 0 heterocycles. The van der Waals surface area contributed by atoms with E-state index in [0.29, 0.717) is 110 Å². The third kappa shape index (κ3) is 22.8. The van der Waals surface area contributed by atoms with Crippen LogP contribution in [0.3, 0.4) is 0 Å². The van der Waals surface area contributed by atoms with Gasteiger partial charge in [-0.15, -0.1) is 74.4 Å². The molecule has 0 aromatic carbocycles. The van der Waals surface area contributed by atoms with Crippen molar-refractivity contribution in [2.45, 2.75) is 538 Å². The van der Waals surface area contributed by atoms with Gasteiger partial charge in [0.2, 0.25) is 17.7 Å². The molecular weight excluding hydrogens is 1950 g/mol. The maximum atomic E-state index is 11.5. The Bertz CT molecular complexity index is 3700. The molecule has 0 saturated heterocycles. The molecule has 0 spiro atoms. The zero-order chi connectivity index (χ0) is 90.7. The molecule has 9 N–H and O–H groups in total. The van der Waals surface area contributed by atoms with Crippen molar-refractivity contribution >= 4 is 140 Å². The average Bonchev–Trinajstić information content (AvgIpc) is 0.699. The van der Waals surface area contributed by atoms with Crippen LogP contribution in [0, 0.1) is 151 Å². The molecule has 0 aromatic rings. The summed E-state index contributed by atoms with van der Waals surface area (Å²) in [5.74, 6) is 9.22. The van der Waals surface area contributed by atoms with E-state index in [2.05, 4.69) is 188 Å². The van der Waals surface area contributed by atoms with E-state index in [-0.39, 0.29) is 125 Å². The Balaban J connectivity index is 0.000000126. The van der Waals surface area contributed by atoms with Gasteiger partial charge in [0.05, 0.1) is 0 Å². The van der Waals surface area contributed by atoms with Gasteiger partial charge in [0.15, 0.2) is 0 Å². The molecule has 36 aliphatic rings. The van der Waals surface area contributed by atoms with Gasteiger partial charge in [-0.3, -0.25) is 14.4 Å². The summed E-state index contributed by atoms with van der Waals surface area (Å²) in [6, 6.07) is 0. The second kappa shape index (κ2) is 34.8. The van der Waals surface area contributed by atoms with Crippen molar-refractivity contribution in [3.05, 3.63) is 0 Å². The first-order chi connectivity index (χ1) is 57.4. The summed E-state index contributed by atoms with van der Waals surface area (Å²) < 4.78 is 1.61. The molecule has 36 rings (SSSR count). The van der Waals surface area contributed by atoms with Gasteiger partial charge >= 0.3 is 0 Å². The molecular formula is C114H195Br3Cl6N6O3. The number of nitrogens with one attached hydrogen (secondary N) is 3. The van der Waals surface area contributed by atoms with E-state index in [1.54, 1.807) is 27.2 Å². The Morgan fingerprint density at radius 1 is 0.189 bits per heavy atom. The molecule has 36 bridgehead atoms. The number of carbonyl (C=O) groups is 3. The number of carbonyl (C=O) groups excluding carboxylic acids is 3. The van der Waals surface area contributed by atoms with Crippen LogP contribution in [0.4, 0.5) is 0 Å². The van der Waals surface area contributed by atoms with E-state index in [4.69, 9.17) is 17.2 Å². The minimum Gasteiger partial charge on any atom is -0.351 e. The lowest BCUT2D eigenvalue weighted by atomic mass is 9.38. The largest absolute Gasteiger partial charge is 0.351 e. The van der Waals surface area contributed by atoms with Crippen molar-refractivity contribution in [3.8, 4) is 0 Å². The van der Waals surface area contributed by atoms with Gasteiger partial charge in [-0.1, -0.05) is 172 Å².